The molecule has 0 atom stereocenters. The van der Waals surface area contributed by atoms with E-state index in [1.165, 1.54) is 12.1 Å². The van der Waals surface area contributed by atoms with Gasteiger partial charge in [-0.05, 0) is 61.7 Å². The molecule has 32 heavy (non-hydrogen) atoms. The van der Waals surface area contributed by atoms with E-state index in [4.69, 9.17) is 27.9 Å². The van der Waals surface area contributed by atoms with Gasteiger partial charge in [0.15, 0.2) is 9.84 Å². The van der Waals surface area contributed by atoms with Crippen LogP contribution in [0.1, 0.15) is 46.1 Å². The van der Waals surface area contributed by atoms with E-state index in [-0.39, 0.29) is 10.8 Å². The van der Waals surface area contributed by atoms with E-state index in [0.29, 0.717) is 53.9 Å². The van der Waals surface area contributed by atoms with Crippen molar-refractivity contribution in [3.63, 3.8) is 0 Å². The van der Waals surface area contributed by atoms with Gasteiger partial charge in [0, 0.05) is 30.2 Å². The minimum absolute atomic E-state index is 0.0517. The summed E-state index contributed by atoms with van der Waals surface area (Å²) in [5, 5.41) is 0.819. The minimum Gasteiger partial charge on any atom is -0.381 e. The first kappa shape index (κ1) is 25.0. The number of halogens is 2. The van der Waals surface area contributed by atoms with Crippen molar-refractivity contribution in [3.05, 3.63) is 58.1 Å². The molecule has 0 bridgehead atoms. The largest absolute Gasteiger partial charge is 0.381 e. The Morgan fingerprint density at radius 2 is 1.66 bits per heavy atom. The third-order valence-electron chi connectivity index (χ3n) is 5.91. The number of hydrogen-bond acceptors (Lipinski definition) is 4. The van der Waals surface area contributed by atoms with Crippen molar-refractivity contribution in [3.8, 4) is 0 Å². The van der Waals surface area contributed by atoms with Crippen molar-refractivity contribution in [2.24, 2.45) is 5.41 Å². The van der Waals surface area contributed by atoms with Gasteiger partial charge in [-0.2, -0.15) is 0 Å². The topological polar surface area (TPSA) is 63.7 Å². The first-order valence-electron chi connectivity index (χ1n) is 10.6. The Bertz CT molecular complexity index is 1090. The average Bonchev–Trinajstić information content (AvgIpc) is 2.75. The molecule has 1 aliphatic rings. The van der Waals surface area contributed by atoms with Crippen LogP contribution in [-0.4, -0.2) is 34.1 Å². The minimum atomic E-state index is -3.77. The summed E-state index contributed by atoms with van der Waals surface area (Å²) in [5.74, 6) is -0.0517. The molecule has 0 saturated carbocycles. The smallest absolute Gasteiger partial charge is 0.232 e. The molecule has 3 rings (SSSR count). The summed E-state index contributed by atoms with van der Waals surface area (Å²) in [6.45, 7) is 8.57. The standard InChI is InChI=1S/C24H29Cl2NO4S/c1-5-27(22(28)23(2,3)4)21-11-6-17(16-20(21)26)24(12-14-31-15-13-24)32(29,30)19-9-7-18(25)8-10-19/h6-11,16H,5,12-15H2,1-4H3. The maximum absolute atomic E-state index is 13.8. The predicted octanol–water partition coefficient (Wildman–Crippen LogP) is 5.87. The van der Waals surface area contributed by atoms with Gasteiger partial charge in [0.2, 0.25) is 5.91 Å². The number of carbonyl (C=O) groups excluding carboxylic acids is 1. The lowest BCUT2D eigenvalue weighted by Crippen LogP contribution is -2.42. The average molecular weight is 498 g/mol. The normalized spacial score (nSPS) is 16.6. The Morgan fingerprint density at radius 1 is 1.06 bits per heavy atom. The highest BCUT2D eigenvalue weighted by atomic mass is 35.5. The van der Waals surface area contributed by atoms with E-state index >= 15 is 0 Å². The fraction of sp³-hybridized carbons (Fsp3) is 0.458. The van der Waals surface area contributed by atoms with Gasteiger partial charge >= 0.3 is 0 Å². The predicted molar refractivity (Wildman–Crippen MR) is 129 cm³/mol. The van der Waals surface area contributed by atoms with Crippen molar-refractivity contribution in [2.75, 3.05) is 24.7 Å². The molecule has 0 spiro atoms. The number of benzene rings is 2. The van der Waals surface area contributed by atoms with Gasteiger partial charge in [0.25, 0.3) is 0 Å². The summed E-state index contributed by atoms with van der Waals surface area (Å²) in [6, 6.07) is 11.4. The fourth-order valence-corrected chi connectivity index (χ4v) is 6.59. The first-order chi connectivity index (χ1) is 14.9. The summed E-state index contributed by atoms with van der Waals surface area (Å²) in [4.78, 5) is 14.8. The molecule has 0 N–H and O–H groups in total. The molecule has 0 unspecified atom stereocenters. The molecule has 1 fully saturated rings. The van der Waals surface area contributed by atoms with Gasteiger partial charge in [-0.3, -0.25) is 4.79 Å². The van der Waals surface area contributed by atoms with Crippen LogP contribution in [-0.2, 0) is 24.1 Å². The van der Waals surface area contributed by atoms with Crippen molar-refractivity contribution in [2.45, 2.75) is 50.2 Å². The van der Waals surface area contributed by atoms with E-state index in [9.17, 15) is 13.2 Å². The second kappa shape index (κ2) is 9.34. The van der Waals surface area contributed by atoms with Gasteiger partial charge in [-0.25, -0.2) is 8.42 Å². The van der Waals surface area contributed by atoms with E-state index in [2.05, 4.69) is 0 Å². The van der Waals surface area contributed by atoms with Crippen LogP contribution in [0, 0.1) is 5.41 Å². The number of sulfone groups is 1. The number of hydrogen-bond donors (Lipinski definition) is 0. The lowest BCUT2D eigenvalue weighted by atomic mass is 9.90. The Hall–Kier alpha value is -1.60. The van der Waals surface area contributed by atoms with E-state index in [0.717, 1.165) is 0 Å². The fourth-order valence-electron chi connectivity index (χ4n) is 4.09. The van der Waals surface area contributed by atoms with Crippen LogP contribution in [0.4, 0.5) is 5.69 Å². The maximum atomic E-state index is 13.8. The van der Waals surface area contributed by atoms with Gasteiger partial charge < -0.3 is 9.64 Å². The molecule has 2 aromatic rings. The van der Waals surface area contributed by atoms with Gasteiger partial charge in [-0.15, -0.1) is 0 Å². The van der Waals surface area contributed by atoms with E-state index in [1.54, 1.807) is 35.2 Å². The van der Waals surface area contributed by atoms with E-state index < -0.39 is 20.0 Å². The number of anilines is 1. The molecular formula is C24H29Cl2NO4S. The zero-order valence-electron chi connectivity index (χ0n) is 18.8. The highest BCUT2D eigenvalue weighted by Crippen LogP contribution is 2.45. The monoisotopic (exact) mass is 497 g/mol. The highest BCUT2D eigenvalue weighted by Gasteiger charge is 2.47. The third-order valence-corrected chi connectivity index (χ3v) is 9.03. The maximum Gasteiger partial charge on any atom is 0.232 e. The summed E-state index contributed by atoms with van der Waals surface area (Å²) in [7, 11) is -3.77. The van der Waals surface area contributed by atoms with Gasteiger partial charge in [0.05, 0.1) is 15.6 Å². The summed E-state index contributed by atoms with van der Waals surface area (Å²) in [5.41, 5.74) is 0.602. The molecule has 5 nitrogen and oxygen atoms in total. The molecule has 1 heterocycles. The number of nitrogens with zero attached hydrogens (tertiary/aromatic N) is 1. The Labute approximate surface area is 200 Å². The number of rotatable bonds is 5. The molecule has 0 aliphatic carbocycles. The summed E-state index contributed by atoms with van der Waals surface area (Å²) in [6.07, 6.45) is 0.623. The van der Waals surface area contributed by atoms with Crippen LogP contribution >= 0.6 is 23.2 Å². The second-order valence-electron chi connectivity index (χ2n) is 9.03. The first-order valence-corrected chi connectivity index (χ1v) is 12.9. The van der Waals surface area contributed by atoms with Crippen molar-refractivity contribution < 1.29 is 17.9 Å². The summed E-state index contributed by atoms with van der Waals surface area (Å²) < 4.78 is 32.0. The van der Waals surface area contributed by atoms with E-state index in [1.807, 2.05) is 27.7 Å². The SMILES string of the molecule is CCN(C(=O)C(C)(C)C)c1ccc(C2(S(=O)(=O)c3ccc(Cl)cc3)CCOCC2)cc1Cl. The van der Waals surface area contributed by atoms with Crippen LogP contribution in [0.15, 0.2) is 47.4 Å². The number of ether oxygens (including phenoxy) is 1. The lowest BCUT2D eigenvalue weighted by Gasteiger charge is -2.37. The summed E-state index contributed by atoms with van der Waals surface area (Å²) >= 11 is 12.6. The zero-order valence-corrected chi connectivity index (χ0v) is 21.1. The molecule has 2 aromatic carbocycles. The van der Waals surface area contributed by atoms with Crippen LogP contribution in [0.3, 0.4) is 0 Å². The Morgan fingerprint density at radius 3 is 2.16 bits per heavy atom. The number of carbonyl (C=O) groups is 1. The van der Waals surface area contributed by atoms with Crippen LogP contribution in [0.5, 0.6) is 0 Å². The van der Waals surface area contributed by atoms with Gasteiger partial charge in [-0.1, -0.05) is 50.0 Å². The Kier molecular flexibility index (Phi) is 7.30. The van der Waals surface area contributed by atoms with Crippen LogP contribution in [0.25, 0.3) is 0 Å². The Balaban J connectivity index is 2.11. The third kappa shape index (κ3) is 4.56. The molecule has 1 saturated heterocycles. The molecule has 174 valence electrons. The van der Waals surface area contributed by atoms with Crippen molar-refractivity contribution in [1.29, 1.82) is 0 Å². The highest BCUT2D eigenvalue weighted by molar-refractivity contribution is 7.92. The second-order valence-corrected chi connectivity index (χ2v) is 12.1. The van der Waals surface area contributed by atoms with Crippen LogP contribution < -0.4 is 4.90 Å². The van der Waals surface area contributed by atoms with Gasteiger partial charge in [0.1, 0.15) is 4.75 Å². The number of amides is 1. The molecule has 1 amide bonds. The molecular weight excluding hydrogens is 469 g/mol. The van der Waals surface area contributed by atoms with Crippen molar-refractivity contribution in [1.82, 2.24) is 0 Å². The zero-order chi connectivity index (χ0) is 23.7. The lowest BCUT2D eigenvalue weighted by molar-refractivity contribution is -0.125. The molecule has 8 heteroatoms. The quantitative estimate of drug-likeness (QED) is 0.517. The van der Waals surface area contributed by atoms with Crippen molar-refractivity contribution >= 4 is 44.6 Å². The van der Waals surface area contributed by atoms with Crippen LogP contribution in [0.2, 0.25) is 10.0 Å². The molecule has 1 aliphatic heterocycles. The molecule has 0 radical (unpaired) electrons. The molecule has 0 aromatic heterocycles.